The molecule has 1 fully saturated rings. The van der Waals surface area contributed by atoms with Gasteiger partial charge in [0.05, 0.1) is 17.7 Å². The number of nitrogens with one attached hydrogen (secondary N) is 1. The molecule has 1 aliphatic rings. The van der Waals surface area contributed by atoms with Crippen LogP contribution in [0.25, 0.3) is 0 Å². The third-order valence-electron chi connectivity index (χ3n) is 3.97. The first-order valence-electron chi connectivity index (χ1n) is 8.12. The Labute approximate surface area is 157 Å². The maximum Gasteiger partial charge on any atom is 0.264 e. The van der Waals surface area contributed by atoms with Crippen molar-refractivity contribution in [3.63, 3.8) is 0 Å². The molecule has 1 aliphatic carbocycles. The lowest BCUT2D eigenvalue weighted by Crippen LogP contribution is -2.41. The van der Waals surface area contributed by atoms with E-state index < -0.39 is 10.0 Å². The molecule has 0 radical (unpaired) electrons. The molecular weight excluding hydrogens is 376 g/mol. The summed E-state index contributed by atoms with van der Waals surface area (Å²) in [5.41, 5.74) is 0.333. The van der Waals surface area contributed by atoms with Crippen molar-refractivity contribution < 1.29 is 17.9 Å². The number of benzene rings is 2. The predicted octanol–water partition coefficient (Wildman–Crippen LogP) is 2.82. The SMILES string of the molecule is COc1ccc(S(=O)(=O)N(CC(=O)NC2CC2)c2cccc(Cl)c2)cc1. The van der Waals surface area contributed by atoms with Crippen molar-refractivity contribution in [3.05, 3.63) is 53.6 Å². The zero-order chi connectivity index (χ0) is 18.7. The Balaban J connectivity index is 1.95. The summed E-state index contributed by atoms with van der Waals surface area (Å²) in [5.74, 6) is 0.203. The largest absolute Gasteiger partial charge is 0.497 e. The Morgan fingerprint density at radius 1 is 1.23 bits per heavy atom. The molecule has 8 heteroatoms. The third kappa shape index (κ3) is 4.28. The van der Waals surface area contributed by atoms with Crippen LogP contribution in [0.3, 0.4) is 0 Å². The van der Waals surface area contributed by atoms with Gasteiger partial charge in [-0.2, -0.15) is 0 Å². The van der Waals surface area contributed by atoms with Gasteiger partial charge in [0.1, 0.15) is 12.3 Å². The summed E-state index contributed by atoms with van der Waals surface area (Å²) in [6.07, 6.45) is 1.85. The summed E-state index contributed by atoms with van der Waals surface area (Å²) in [6, 6.07) is 12.6. The number of anilines is 1. The Bertz CT molecular complexity index is 896. The number of carbonyl (C=O) groups excluding carboxylic acids is 1. The van der Waals surface area contributed by atoms with E-state index in [4.69, 9.17) is 16.3 Å². The van der Waals surface area contributed by atoms with Gasteiger partial charge in [-0.1, -0.05) is 17.7 Å². The number of hydrogen-bond acceptors (Lipinski definition) is 4. The van der Waals surface area contributed by atoms with Crippen molar-refractivity contribution in [2.45, 2.75) is 23.8 Å². The fourth-order valence-corrected chi connectivity index (χ4v) is 4.05. The number of hydrogen-bond donors (Lipinski definition) is 1. The molecule has 0 saturated heterocycles. The van der Waals surface area contributed by atoms with Crippen molar-refractivity contribution in [3.8, 4) is 5.75 Å². The molecule has 0 unspecified atom stereocenters. The second-order valence-corrected chi connectivity index (χ2v) is 8.31. The van der Waals surface area contributed by atoms with E-state index in [-0.39, 0.29) is 23.4 Å². The van der Waals surface area contributed by atoms with Gasteiger partial charge < -0.3 is 10.1 Å². The highest BCUT2D eigenvalue weighted by atomic mass is 35.5. The molecule has 0 spiro atoms. The zero-order valence-corrected chi connectivity index (χ0v) is 15.8. The molecule has 0 aromatic heterocycles. The van der Waals surface area contributed by atoms with Gasteiger partial charge in [0.2, 0.25) is 5.91 Å². The van der Waals surface area contributed by atoms with Crippen LogP contribution in [-0.2, 0) is 14.8 Å². The summed E-state index contributed by atoms with van der Waals surface area (Å²) < 4.78 is 32.4. The Hall–Kier alpha value is -2.25. The maximum atomic E-state index is 13.1. The van der Waals surface area contributed by atoms with Gasteiger partial charge in [0.25, 0.3) is 10.0 Å². The van der Waals surface area contributed by atoms with E-state index in [0.717, 1.165) is 17.1 Å². The summed E-state index contributed by atoms with van der Waals surface area (Å²) in [7, 11) is -2.44. The topological polar surface area (TPSA) is 75.7 Å². The molecule has 3 rings (SSSR count). The first-order valence-corrected chi connectivity index (χ1v) is 9.93. The molecule has 0 atom stereocenters. The van der Waals surface area contributed by atoms with Gasteiger partial charge >= 0.3 is 0 Å². The number of ether oxygens (including phenoxy) is 1. The molecule has 138 valence electrons. The number of halogens is 1. The molecule has 0 heterocycles. The van der Waals surface area contributed by atoms with Gasteiger partial charge in [-0.25, -0.2) is 8.42 Å². The predicted molar refractivity (Wildman–Crippen MR) is 100 cm³/mol. The van der Waals surface area contributed by atoms with E-state index in [9.17, 15) is 13.2 Å². The van der Waals surface area contributed by atoms with Gasteiger partial charge in [-0.15, -0.1) is 0 Å². The molecule has 0 bridgehead atoms. The number of carbonyl (C=O) groups is 1. The number of sulfonamides is 1. The van der Waals surface area contributed by atoms with Crippen LogP contribution < -0.4 is 14.4 Å². The van der Waals surface area contributed by atoms with Gasteiger partial charge in [0, 0.05) is 11.1 Å². The van der Waals surface area contributed by atoms with E-state index in [1.807, 2.05) is 0 Å². The van der Waals surface area contributed by atoms with Crippen molar-refractivity contribution in [2.24, 2.45) is 0 Å². The molecule has 2 aromatic rings. The molecular formula is C18H19ClN2O4S. The van der Waals surface area contributed by atoms with Crippen LogP contribution in [0.4, 0.5) is 5.69 Å². The van der Waals surface area contributed by atoms with Gasteiger partial charge in [0.15, 0.2) is 0 Å². The third-order valence-corrected chi connectivity index (χ3v) is 6.00. The Morgan fingerprint density at radius 3 is 2.50 bits per heavy atom. The van der Waals surface area contributed by atoms with Crippen molar-refractivity contribution >= 4 is 33.2 Å². The quantitative estimate of drug-likeness (QED) is 0.783. The van der Waals surface area contributed by atoms with Crippen LogP contribution in [0, 0.1) is 0 Å². The number of rotatable bonds is 7. The summed E-state index contributed by atoms with van der Waals surface area (Å²) in [5, 5.41) is 3.20. The van der Waals surface area contributed by atoms with E-state index in [0.29, 0.717) is 16.5 Å². The van der Waals surface area contributed by atoms with E-state index in [1.54, 1.807) is 30.3 Å². The van der Waals surface area contributed by atoms with Crippen LogP contribution in [0.2, 0.25) is 5.02 Å². The zero-order valence-electron chi connectivity index (χ0n) is 14.2. The lowest BCUT2D eigenvalue weighted by atomic mass is 10.3. The molecule has 1 amide bonds. The fraction of sp³-hybridized carbons (Fsp3) is 0.278. The normalized spacial score (nSPS) is 13.9. The van der Waals surface area contributed by atoms with Crippen LogP contribution >= 0.6 is 11.6 Å². The van der Waals surface area contributed by atoms with Gasteiger partial charge in [-0.05, 0) is 55.3 Å². The molecule has 0 aliphatic heterocycles. The number of amides is 1. The Morgan fingerprint density at radius 2 is 1.92 bits per heavy atom. The van der Waals surface area contributed by atoms with Crippen LogP contribution in [0.1, 0.15) is 12.8 Å². The highest BCUT2D eigenvalue weighted by Crippen LogP contribution is 2.27. The molecule has 1 N–H and O–H groups in total. The fourth-order valence-electron chi connectivity index (χ4n) is 2.45. The summed E-state index contributed by atoms with van der Waals surface area (Å²) in [6.45, 7) is -0.314. The summed E-state index contributed by atoms with van der Waals surface area (Å²) in [4.78, 5) is 12.3. The maximum absolute atomic E-state index is 13.1. The smallest absolute Gasteiger partial charge is 0.264 e. The highest BCUT2D eigenvalue weighted by Gasteiger charge is 2.30. The van der Waals surface area contributed by atoms with Crippen LogP contribution in [0.5, 0.6) is 5.75 Å². The summed E-state index contributed by atoms with van der Waals surface area (Å²) >= 11 is 6.02. The van der Waals surface area contributed by atoms with E-state index in [1.165, 1.54) is 25.3 Å². The Kier molecular flexibility index (Phi) is 5.38. The van der Waals surface area contributed by atoms with Crippen molar-refractivity contribution in [1.29, 1.82) is 0 Å². The van der Waals surface area contributed by atoms with Crippen molar-refractivity contribution in [1.82, 2.24) is 5.32 Å². The number of nitrogens with zero attached hydrogens (tertiary/aromatic N) is 1. The second kappa shape index (κ2) is 7.55. The van der Waals surface area contributed by atoms with E-state index >= 15 is 0 Å². The minimum Gasteiger partial charge on any atom is -0.497 e. The van der Waals surface area contributed by atoms with E-state index in [2.05, 4.69) is 5.32 Å². The first-order chi connectivity index (χ1) is 12.4. The standard InChI is InChI=1S/C18H19ClN2O4S/c1-25-16-7-9-17(10-8-16)26(23,24)21(12-18(22)20-14-5-6-14)15-4-2-3-13(19)11-15/h2-4,7-11,14H,5-6,12H2,1H3,(H,20,22). The molecule has 26 heavy (non-hydrogen) atoms. The number of methoxy groups -OCH3 is 1. The average molecular weight is 395 g/mol. The lowest BCUT2D eigenvalue weighted by molar-refractivity contribution is -0.119. The lowest BCUT2D eigenvalue weighted by Gasteiger charge is -2.24. The van der Waals surface area contributed by atoms with Gasteiger partial charge in [-0.3, -0.25) is 9.10 Å². The first kappa shape index (κ1) is 18.5. The monoisotopic (exact) mass is 394 g/mol. The second-order valence-electron chi connectivity index (χ2n) is 6.01. The molecule has 2 aromatic carbocycles. The highest BCUT2D eigenvalue weighted by molar-refractivity contribution is 7.92. The minimum atomic E-state index is -3.95. The minimum absolute atomic E-state index is 0.0671. The molecule has 6 nitrogen and oxygen atoms in total. The molecule has 1 saturated carbocycles. The van der Waals surface area contributed by atoms with Crippen molar-refractivity contribution in [2.75, 3.05) is 18.0 Å². The van der Waals surface area contributed by atoms with Crippen LogP contribution in [-0.4, -0.2) is 34.0 Å². The van der Waals surface area contributed by atoms with Crippen LogP contribution in [0.15, 0.2) is 53.4 Å². The average Bonchev–Trinajstić information content (AvgIpc) is 3.43.